The zero-order valence-electron chi connectivity index (χ0n) is 31.6. The summed E-state index contributed by atoms with van der Waals surface area (Å²) < 4.78 is 6.01. The molecule has 47 heavy (non-hydrogen) atoms. The SMILES string of the molecule is CCCCCC/C=C\C/C=C\CCCCCCCCCC(=O)OC(CCCCCCCCCCCCC)CCCCCCCC(=O)O. The van der Waals surface area contributed by atoms with Crippen molar-refractivity contribution in [1.82, 2.24) is 0 Å². The lowest BCUT2D eigenvalue weighted by Gasteiger charge is -2.18. The monoisotopic (exact) mass is 661 g/mol. The molecule has 0 aromatic rings. The number of carbonyl (C=O) groups excluding carboxylic acids is 1. The zero-order valence-corrected chi connectivity index (χ0v) is 31.6. The standard InChI is InChI=1S/C43H80O4/c1-3-5-7-9-11-13-15-16-17-18-19-20-21-23-25-27-32-36-40-43(46)47-41(38-34-30-28-31-35-39-42(44)45)37-33-29-26-24-22-14-12-10-8-6-4-2/h13,15,17-18,41H,3-12,14,16,19-40H2,1-2H3,(H,44,45)/b15-13-,18-17-. The number of allylic oxidation sites excluding steroid dienone is 4. The van der Waals surface area contributed by atoms with Crippen LogP contribution >= 0.6 is 0 Å². The van der Waals surface area contributed by atoms with Crippen molar-refractivity contribution < 1.29 is 19.4 Å². The van der Waals surface area contributed by atoms with Crippen LogP contribution < -0.4 is 0 Å². The fourth-order valence-electron chi connectivity index (χ4n) is 6.33. The molecule has 0 fully saturated rings. The van der Waals surface area contributed by atoms with Gasteiger partial charge in [0.2, 0.25) is 0 Å². The Bertz CT molecular complexity index is 713. The lowest BCUT2D eigenvalue weighted by molar-refractivity contribution is -0.150. The Morgan fingerprint density at radius 1 is 0.468 bits per heavy atom. The van der Waals surface area contributed by atoms with Crippen molar-refractivity contribution in [3.05, 3.63) is 24.3 Å². The minimum Gasteiger partial charge on any atom is -0.481 e. The highest BCUT2D eigenvalue weighted by Crippen LogP contribution is 2.19. The Kier molecular flexibility index (Phi) is 37.6. The smallest absolute Gasteiger partial charge is 0.306 e. The van der Waals surface area contributed by atoms with Gasteiger partial charge in [0.05, 0.1) is 0 Å². The fraction of sp³-hybridized carbons (Fsp3) is 0.860. The van der Waals surface area contributed by atoms with Crippen LogP contribution in [-0.2, 0) is 14.3 Å². The fourth-order valence-corrected chi connectivity index (χ4v) is 6.33. The summed E-state index contributed by atoms with van der Waals surface area (Å²) in [5.74, 6) is -0.702. The molecular formula is C43H80O4. The summed E-state index contributed by atoms with van der Waals surface area (Å²) in [5.41, 5.74) is 0. The van der Waals surface area contributed by atoms with Crippen molar-refractivity contribution in [1.29, 1.82) is 0 Å². The predicted octanol–water partition coefficient (Wildman–Crippen LogP) is 14.4. The first-order valence-corrected chi connectivity index (χ1v) is 20.8. The molecule has 0 rings (SSSR count). The number of unbranched alkanes of at least 4 members (excludes halogenated alkanes) is 25. The highest BCUT2D eigenvalue weighted by Gasteiger charge is 2.14. The highest BCUT2D eigenvalue weighted by atomic mass is 16.5. The molecule has 0 bridgehead atoms. The van der Waals surface area contributed by atoms with Crippen molar-refractivity contribution in [2.75, 3.05) is 0 Å². The number of carboxylic acids is 1. The number of aliphatic carboxylic acids is 1. The van der Waals surface area contributed by atoms with E-state index in [0.717, 1.165) is 70.6 Å². The topological polar surface area (TPSA) is 63.6 Å². The van der Waals surface area contributed by atoms with Crippen LogP contribution in [-0.4, -0.2) is 23.1 Å². The maximum atomic E-state index is 12.7. The molecule has 1 N–H and O–H groups in total. The lowest BCUT2D eigenvalue weighted by Crippen LogP contribution is -2.18. The molecule has 1 unspecified atom stereocenters. The second-order valence-electron chi connectivity index (χ2n) is 14.2. The molecule has 0 aromatic heterocycles. The summed E-state index contributed by atoms with van der Waals surface area (Å²) in [6.45, 7) is 4.54. The first kappa shape index (κ1) is 45.4. The highest BCUT2D eigenvalue weighted by molar-refractivity contribution is 5.69. The van der Waals surface area contributed by atoms with Gasteiger partial charge in [0, 0.05) is 12.8 Å². The molecule has 0 aromatic carbocycles. The minimum absolute atomic E-state index is 0.00217. The number of hydrogen-bond acceptors (Lipinski definition) is 3. The molecule has 4 heteroatoms. The third kappa shape index (κ3) is 38.7. The molecule has 0 spiro atoms. The summed E-state index contributed by atoms with van der Waals surface area (Å²) >= 11 is 0. The quantitative estimate of drug-likeness (QED) is 0.0407. The van der Waals surface area contributed by atoms with Gasteiger partial charge < -0.3 is 9.84 Å². The van der Waals surface area contributed by atoms with Gasteiger partial charge in [-0.05, 0) is 70.6 Å². The van der Waals surface area contributed by atoms with E-state index in [9.17, 15) is 9.59 Å². The van der Waals surface area contributed by atoms with Crippen LogP contribution in [0.3, 0.4) is 0 Å². The molecule has 0 saturated heterocycles. The van der Waals surface area contributed by atoms with Gasteiger partial charge in [-0.25, -0.2) is 0 Å². The van der Waals surface area contributed by atoms with Crippen LogP contribution in [0.2, 0.25) is 0 Å². The number of esters is 1. The van der Waals surface area contributed by atoms with Crippen molar-refractivity contribution in [2.45, 2.75) is 238 Å². The van der Waals surface area contributed by atoms with Gasteiger partial charge in [-0.1, -0.05) is 173 Å². The van der Waals surface area contributed by atoms with E-state index >= 15 is 0 Å². The maximum absolute atomic E-state index is 12.7. The van der Waals surface area contributed by atoms with Crippen LogP contribution in [0.15, 0.2) is 24.3 Å². The van der Waals surface area contributed by atoms with E-state index in [1.807, 2.05) is 0 Å². The Hall–Kier alpha value is -1.58. The molecular weight excluding hydrogens is 580 g/mol. The van der Waals surface area contributed by atoms with Gasteiger partial charge in [0.25, 0.3) is 0 Å². The molecule has 0 radical (unpaired) electrons. The first-order valence-electron chi connectivity index (χ1n) is 20.8. The molecule has 276 valence electrons. The number of carboxylic acid groups (broad SMARTS) is 1. The largest absolute Gasteiger partial charge is 0.481 e. The van der Waals surface area contributed by atoms with E-state index in [4.69, 9.17) is 9.84 Å². The normalized spacial score (nSPS) is 12.4. The average molecular weight is 661 g/mol. The second-order valence-corrected chi connectivity index (χ2v) is 14.2. The van der Waals surface area contributed by atoms with Gasteiger partial charge >= 0.3 is 11.9 Å². The molecule has 0 amide bonds. The van der Waals surface area contributed by atoms with Crippen molar-refractivity contribution in [3.8, 4) is 0 Å². The summed E-state index contributed by atoms with van der Waals surface area (Å²) in [6, 6.07) is 0. The molecule has 0 aliphatic rings. The summed E-state index contributed by atoms with van der Waals surface area (Å²) in [4.78, 5) is 23.4. The van der Waals surface area contributed by atoms with E-state index in [1.54, 1.807) is 0 Å². The third-order valence-corrected chi connectivity index (χ3v) is 9.43. The lowest BCUT2D eigenvalue weighted by atomic mass is 10.0. The number of hydrogen-bond donors (Lipinski definition) is 1. The van der Waals surface area contributed by atoms with Crippen LogP contribution in [0, 0.1) is 0 Å². The van der Waals surface area contributed by atoms with Gasteiger partial charge in [0.15, 0.2) is 0 Å². The van der Waals surface area contributed by atoms with E-state index in [-0.39, 0.29) is 18.5 Å². The Morgan fingerprint density at radius 2 is 0.830 bits per heavy atom. The van der Waals surface area contributed by atoms with Crippen LogP contribution in [0.25, 0.3) is 0 Å². The van der Waals surface area contributed by atoms with Gasteiger partial charge in [0.1, 0.15) is 6.10 Å². The number of carbonyl (C=O) groups is 2. The minimum atomic E-state index is -0.699. The summed E-state index contributed by atoms with van der Waals surface area (Å²) in [7, 11) is 0. The third-order valence-electron chi connectivity index (χ3n) is 9.43. The Morgan fingerprint density at radius 3 is 1.28 bits per heavy atom. The van der Waals surface area contributed by atoms with Crippen LogP contribution in [0.5, 0.6) is 0 Å². The Balaban J connectivity index is 3.98. The van der Waals surface area contributed by atoms with E-state index in [2.05, 4.69) is 38.2 Å². The van der Waals surface area contributed by atoms with E-state index in [1.165, 1.54) is 135 Å². The van der Waals surface area contributed by atoms with Gasteiger partial charge in [-0.2, -0.15) is 0 Å². The van der Waals surface area contributed by atoms with Crippen molar-refractivity contribution >= 4 is 11.9 Å². The van der Waals surface area contributed by atoms with E-state index in [0.29, 0.717) is 6.42 Å². The molecule has 0 aliphatic carbocycles. The zero-order chi connectivity index (χ0) is 34.3. The molecule has 4 nitrogen and oxygen atoms in total. The second kappa shape index (κ2) is 38.9. The molecule has 0 aliphatic heterocycles. The van der Waals surface area contributed by atoms with Crippen molar-refractivity contribution in [2.24, 2.45) is 0 Å². The predicted molar refractivity (Wildman–Crippen MR) is 204 cm³/mol. The van der Waals surface area contributed by atoms with Gasteiger partial charge in [-0.15, -0.1) is 0 Å². The van der Waals surface area contributed by atoms with Gasteiger partial charge in [-0.3, -0.25) is 9.59 Å². The van der Waals surface area contributed by atoms with E-state index < -0.39 is 5.97 Å². The molecule has 1 atom stereocenters. The summed E-state index contributed by atoms with van der Waals surface area (Å²) in [5, 5.41) is 8.82. The maximum Gasteiger partial charge on any atom is 0.306 e. The molecule has 0 heterocycles. The average Bonchev–Trinajstić information content (AvgIpc) is 3.05. The number of ether oxygens (including phenoxy) is 1. The number of rotatable bonds is 38. The Labute approximate surface area is 293 Å². The van der Waals surface area contributed by atoms with Crippen LogP contribution in [0.1, 0.15) is 232 Å². The van der Waals surface area contributed by atoms with Crippen molar-refractivity contribution in [3.63, 3.8) is 0 Å². The first-order chi connectivity index (χ1) is 23.1. The molecule has 0 saturated carbocycles. The summed E-state index contributed by atoms with van der Waals surface area (Å²) in [6.07, 6.45) is 49.1. The van der Waals surface area contributed by atoms with Crippen LogP contribution in [0.4, 0.5) is 0 Å².